The maximum atomic E-state index is 13.0. The summed E-state index contributed by atoms with van der Waals surface area (Å²) in [6.07, 6.45) is 1.06. The maximum absolute atomic E-state index is 13.0. The second-order valence-electron chi connectivity index (χ2n) is 3.58. The number of benzene rings is 1. The molecule has 0 aliphatic carbocycles. The van der Waals surface area contributed by atoms with Crippen LogP contribution in [0, 0.1) is 17.1 Å². The zero-order valence-electron chi connectivity index (χ0n) is 9.24. The number of ether oxygens (including phenoxy) is 1. The van der Waals surface area contributed by atoms with E-state index in [1.807, 2.05) is 13.0 Å². The maximum Gasteiger partial charge on any atom is 0.126 e. The van der Waals surface area contributed by atoms with Crippen molar-refractivity contribution in [1.29, 1.82) is 5.26 Å². The van der Waals surface area contributed by atoms with Crippen molar-refractivity contribution in [2.75, 3.05) is 6.61 Å². The minimum atomic E-state index is -0.348. The summed E-state index contributed by atoms with van der Waals surface area (Å²) in [5, 5.41) is 8.36. The van der Waals surface area contributed by atoms with E-state index in [1.54, 1.807) is 6.07 Å². The Morgan fingerprint density at radius 1 is 1.56 bits per heavy atom. The minimum Gasteiger partial charge on any atom is -0.493 e. The SMILES string of the molecule is C[C@H](N)c1ccc(F)cc1OCCCC#N. The number of hydrogen-bond acceptors (Lipinski definition) is 3. The molecule has 3 nitrogen and oxygen atoms in total. The predicted octanol–water partition coefficient (Wildman–Crippen LogP) is 2.53. The van der Waals surface area contributed by atoms with E-state index in [-0.39, 0.29) is 11.9 Å². The summed E-state index contributed by atoms with van der Waals surface area (Å²) in [4.78, 5) is 0. The monoisotopic (exact) mass is 222 g/mol. The molecule has 0 bridgehead atoms. The molecule has 0 radical (unpaired) electrons. The average Bonchev–Trinajstić information content (AvgIpc) is 2.24. The molecule has 0 fully saturated rings. The number of nitrogens with zero attached hydrogens (tertiary/aromatic N) is 1. The van der Waals surface area contributed by atoms with E-state index >= 15 is 0 Å². The molecule has 1 aromatic carbocycles. The third-order valence-corrected chi connectivity index (χ3v) is 2.16. The highest BCUT2D eigenvalue weighted by Gasteiger charge is 2.09. The summed E-state index contributed by atoms with van der Waals surface area (Å²) in [5.41, 5.74) is 6.52. The first kappa shape index (κ1) is 12.5. The van der Waals surface area contributed by atoms with E-state index in [0.717, 1.165) is 5.56 Å². The highest BCUT2D eigenvalue weighted by molar-refractivity contribution is 5.36. The molecule has 4 heteroatoms. The Balaban J connectivity index is 2.69. The lowest BCUT2D eigenvalue weighted by molar-refractivity contribution is 0.306. The van der Waals surface area contributed by atoms with Crippen LogP contribution in [0.5, 0.6) is 5.75 Å². The van der Waals surface area contributed by atoms with Crippen LogP contribution in [0.15, 0.2) is 18.2 Å². The van der Waals surface area contributed by atoms with E-state index in [9.17, 15) is 4.39 Å². The van der Waals surface area contributed by atoms with Crippen LogP contribution in [0.25, 0.3) is 0 Å². The van der Waals surface area contributed by atoms with Gasteiger partial charge in [-0.1, -0.05) is 6.07 Å². The molecule has 1 rings (SSSR count). The molecular formula is C12H15FN2O. The smallest absolute Gasteiger partial charge is 0.126 e. The summed E-state index contributed by atoms with van der Waals surface area (Å²) in [6.45, 7) is 2.21. The zero-order valence-corrected chi connectivity index (χ0v) is 9.24. The topological polar surface area (TPSA) is 59.0 Å². The van der Waals surface area contributed by atoms with Gasteiger partial charge in [0.1, 0.15) is 11.6 Å². The first-order valence-electron chi connectivity index (χ1n) is 5.20. The molecule has 0 aromatic heterocycles. The van der Waals surface area contributed by atoms with Crippen molar-refractivity contribution < 1.29 is 9.13 Å². The molecule has 0 spiro atoms. The predicted molar refractivity (Wildman–Crippen MR) is 59.3 cm³/mol. The van der Waals surface area contributed by atoms with Crippen LogP contribution in [0.3, 0.4) is 0 Å². The van der Waals surface area contributed by atoms with Crippen molar-refractivity contribution in [3.63, 3.8) is 0 Å². The molecule has 1 atom stereocenters. The number of rotatable bonds is 5. The molecule has 0 saturated carbocycles. The molecule has 0 aliphatic heterocycles. The van der Waals surface area contributed by atoms with Gasteiger partial charge < -0.3 is 10.5 Å². The van der Waals surface area contributed by atoms with Crippen LogP contribution < -0.4 is 10.5 Å². The van der Waals surface area contributed by atoms with Gasteiger partial charge in [0.15, 0.2) is 0 Å². The standard InChI is InChI=1S/C12H15FN2O/c1-9(15)11-5-4-10(13)8-12(11)16-7-3-2-6-14/h4-5,8-9H,2-3,7,15H2,1H3/t9-/m0/s1. The van der Waals surface area contributed by atoms with Crippen LogP contribution in [0.4, 0.5) is 4.39 Å². The lowest BCUT2D eigenvalue weighted by atomic mass is 10.1. The van der Waals surface area contributed by atoms with Gasteiger partial charge in [0.2, 0.25) is 0 Å². The Morgan fingerprint density at radius 2 is 2.31 bits per heavy atom. The van der Waals surface area contributed by atoms with Gasteiger partial charge in [-0.15, -0.1) is 0 Å². The molecule has 1 aromatic rings. The molecule has 0 unspecified atom stereocenters. The Morgan fingerprint density at radius 3 is 2.94 bits per heavy atom. The zero-order chi connectivity index (χ0) is 12.0. The third kappa shape index (κ3) is 3.52. The molecular weight excluding hydrogens is 207 g/mol. The number of unbranched alkanes of at least 4 members (excludes halogenated alkanes) is 1. The molecule has 0 saturated heterocycles. The number of nitrogens with two attached hydrogens (primary N) is 1. The molecule has 0 amide bonds. The van der Waals surface area contributed by atoms with Crippen molar-refractivity contribution in [1.82, 2.24) is 0 Å². The normalized spacial score (nSPS) is 11.9. The van der Waals surface area contributed by atoms with E-state index in [2.05, 4.69) is 0 Å². The third-order valence-electron chi connectivity index (χ3n) is 2.16. The summed E-state index contributed by atoms with van der Waals surface area (Å²) < 4.78 is 18.4. The molecule has 0 aliphatic rings. The first-order valence-corrected chi connectivity index (χ1v) is 5.20. The lowest BCUT2D eigenvalue weighted by Gasteiger charge is -2.13. The minimum absolute atomic E-state index is 0.202. The fourth-order valence-electron chi connectivity index (χ4n) is 1.34. The van der Waals surface area contributed by atoms with E-state index in [4.69, 9.17) is 15.7 Å². The second kappa shape index (κ2) is 6.09. The lowest BCUT2D eigenvalue weighted by Crippen LogP contribution is -2.09. The highest BCUT2D eigenvalue weighted by atomic mass is 19.1. The van der Waals surface area contributed by atoms with Gasteiger partial charge in [0.25, 0.3) is 0 Å². The van der Waals surface area contributed by atoms with Crippen molar-refractivity contribution in [2.24, 2.45) is 5.73 Å². The fraction of sp³-hybridized carbons (Fsp3) is 0.417. The molecule has 86 valence electrons. The fourth-order valence-corrected chi connectivity index (χ4v) is 1.34. The van der Waals surface area contributed by atoms with Crippen molar-refractivity contribution >= 4 is 0 Å². The highest BCUT2D eigenvalue weighted by Crippen LogP contribution is 2.24. The first-order chi connectivity index (χ1) is 7.65. The summed E-state index contributed by atoms with van der Waals surface area (Å²) in [6, 6.07) is 6.13. The van der Waals surface area contributed by atoms with Crippen LogP contribution >= 0.6 is 0 Å². The van der Waals surface area contributed by atoms with Crippen LogP contribution in [0.1, 0.15) is 31.4 Å². The Bertz CT molecular complexity index is 385. The van der Waals surface area contributed by atoms with Gasteiger partial charge in [0.05, 0.1) is 12.7 Å². The number of halogens is 1. The quantitative estimate of drug-likeness (QED) is 0.779. The van der Waals surface area contributed by atoms with Gasteiger partial charge in [0, 0.05) is 24.1 Å². The van der Waals surface area contributed by atoms with E-state index in [0.29, 0.717) is 25.2 Å². The van der Waals surface area contributed by atoms with Crippen LogP contribution in [0.2, 0.25) is 0 Å². The van der Waals surface area contributed by atoms with Crippen molar-refractivity contribution in [3.05, 3.63) is 29.6 Å². The molecule has 0 heterocycles. The van der Waals surface area contributed by atoms with Crippen molar-refractivity contribution in [2.45, 2.75) is 25.8 Å². The molecule has 2 N–H and O–H groups in total. The van der Waals surface area contributed by atoms with E-state index < -0.39 is 0 Å². The summed E-state index contributed by atoms with van der Waals surface area (Å²) >= 11 is 0. The number of nitriles is 1. The summed E-state index contributed by atoms with van der Waals surface area (Å²) in [7, 11) is 0. The van der Waals surface area contributed by atoms with E-state index in [1.165, 1.54) is 12.1 Å². The largest absolute Gasteiger partial charge is 0.493 e. The Labute approximate surface area is 94.6 Å². The second-order valence-corrected chi connectivity index (χ2v) is 3.58. The van der Waals surface area contributed by atoms with Gasteiger partial charge in [-0.2, -0.15) is 5.26 Å². The molecule has 16 heavy (non-hydrogen) atoms. The van der Waals surface area contributed by atoms with Gasteiger partial charge >= 0.3 is 0 Å². The summed E-state index contributed by atoms with van der Waals surface area (Å²) in [5.74, 6) is 0.118. The van der Waals surface area contributed by atoms with Crippen LogP contribution in [-0.2, 0) is 0 Å². The van der Waals surface area contributed by atoms with Gasteiger partial charge in [-0.05, 0) is 19.4 Å². The number of hydrogen-bond donors (Lipinski definition) is 1. The van der Waals surface area contributed by atoms with Gasteiger partial charge in [-0.3, -0.25) is 0 Å². The Hall–Kier alpha value is -1.60. The van der Waals surface area contributed by atoms with Crippen LogP contribution in [-0.4, -0.2) is 6.61 Å². The van der Waals surface area contributed by atoms with Gasteiger partial charge in [-0.25, -0.2) is 4.39 Å². The van der Waals surface area contributed by atoms with Crippen molar-refractivity contribution in [3.8, 4) is 11.8 Å². The average molecular weight is 222 g/mol. The Kier molecular flexibility index (Phi) is 4.74.